The third-order valence-electron chi connectivity index (χ3n) is 3.61. The van der Waals surface area contributed by atoms with Crippen LogP contribution in [0, 0.1) is 0 Å². The Labute approximate surface area is 177 Å². The minimum Gasteiger partial charge on any atom is -0.391 e. The Morgan fingerprint density at radius 2 is 1.92 bits per heavy atom. The molecular formula is C19H26ClIN4O. The first kappa shape index (κ1) is 22.7. The molecule has 7 heteroatoms. The van der Waals surface area contributed by atoms with Crippen LogP contribution < -0.4 is 10.6 Å². The van der Waals surface area contributed by atoms with E-state index >= 15 is 0 Å². The fourth-order valence-electron chi connectivity index (χ4n) is 2.37. The van der Waals surface area contributed by atoms with Gasteiger partial charge in [0, 0.05) is 25.7 Å². The molecule has 1 aromatic heterocycles. The quantitative estimate of drug-likeness (QED) is 0.231. The average Bonchev–Trinajstić information content (AvgIpc) is 2.62. The number of guanidine groups is 1. The third-order valence-corrected chi connectivity index (χ3v) is 3.84. The van der Waals surface area contributed by atoms with Gasteiger partial charge in [-0.1, -0.05) is 48.0 Å². The van der Waals surface area contributed by atoms with Gasteiger partial charge in [-0.15, -0.1) is 24.0 Å². The molecule has 0 aliphatic carbocycles. The molecule has 0 saturated heterocycles. The van der Waals surface area contributed by atoms with Crippen LogP contribution in [0.5, 0.6) is 0 Å². The monoisotopic (exact) mass is 488 g/mol. The summed E-state index contributed by atoms with van der Waals surface area (Å²) in [6.45, 7) is 3.86. The normalized spacial score (nSPS) is 12.2. The number of aliphatic hydroxyl groups excluding tert-OH is 1. The molecule has 0 bridgehead atoms. The first-order chi connectivity index (χ1) is 12.2. The van der Waals surface area contributed by atoms with Crippen LogP contribution in [0.3, 0.4) is 0 Å². The molecule has 0 spiro atoms. The molecule has 0 radical (unpaired) electrons. The van der Waals surface area contributed by atoms with Crippen molar-refractivity contribution in [3.8, 4) is 0 Å². The van der Waals surface area contributed by atoms with Gasteiger partial charge in [-0.25, -0.2) is 4.98 Å². The second-order valence-corrected chi connectivity index (χ2v) is 6.12. The molecule has 1 atom stereocenters. The average molecular weight is 489 g/mol. The Morgan fingerprint density at radius 1 is 1.15 bits per heavy atom. The molecule has 0 aliphatic heterocycles. The minimum atomic E-state index is -0.502. The van der Waals surface area contributed by atoms with Crippen LogP contribution in [0.1, 0.15) is 18.1 Å². The SMILES string of the molecule is CCNC(=NCC(O)Cc1ccccc1)NCCc1ccc(Cl)nc1.I. The van der Waals surface area contributed by atoms with Crippen LogP contribution >= 0.6 is 35.6 Å². The highest BCUT2D eigenvalue weighted by molar-refractivity contribution is 14.0. The van der Waals surface area contributed by atoms with E-state index in [1.165, 1.54) is 0 Å². The second kappa shape index (κ2) is 12.9. The van der Waals surface area contributed by atoms with Gasteiger partial charge < -0.3 is 15.7 Å². The summed E-state index contributed by atoms with van der Waals surface area (Å²) in [5, 5.41) is 17.1. The lowest BCUT2D eigenvalue weighted by atomic mass is 10.1. The summed E-state index contributed by atoms with van der Waals surface area (Å²) in [4.78, 5) is 8.53. The van der Waals surface area contributed by atoms with Gasteiger partial charge >= 0.3 is 0 Å². The van der Waals surface area contributed by atoms with Gasteiger partial charge in [0.2, 0.25) is 0 Å². The number of aromatic nitrogens is 1. The van der Waals surface area contributed by atoms with Crippen molar-refractivity contribution in [3.05, 3.63) is 64.9 Å². The Balaban J connectivity index is 0.00000338. The van der Waals surface area contributed by atoms with Crippen LogP contribution in [0.4, 0.5) is 0 Å². The van der Waals surface area contributed by atoms with E-state index in [0.29, 0.717) is 24.1 Å². The number of pyridine rings is 1. The number of halogens is 2. The molecule has 1 aromatic carbocycles. The number of nitrogens with one attached hydrogen (secondary N) is 2. The number of hydrogen-bond donors (Lipinski definition) is 3. The molecule has 0 amide bonds. The van der Waals surface area contributed by atoms with E-state index in [1.54, 1.807) is 12.3 Å². The molecule has 0 fully saturated rings. The second-order valence-electron chi connectivity index (χ2n) is 5.73. The number of aliphatic hydroxyl groups is 1. The predicted octanol–water partition coefficient (Wildman–Crippen LogP) is 3.05. The van der Waals surface area contributed by atoms with Gasteiger partial charge in [0.05, 0.1) is 12.6 Å². The zero-order chi connectivity index (χ0) is 17.9. The van der Waals surface area contributed by atoms with Gasteiger partial charge in [0.25, 0.3) is 0 Å². The van der Waals surface area contributed by atoms with Gasteiger partial charge in [0.1, 0.15) is 5.15 Å². The Hall–Kier alpha value is -1.38. The minimum absolute atomic E-state index is 0. The Bertz CT molecular complexity index is 652. The fraction of sp³-hybridized carbons (Fsp3) is 0.368. The highest BCUT2D eigenvalue weighted by Crippen LogP contribution is 2.05. The maximum absolute atomic E-state index is 10.2. The summed E-state index contributed by atoms with van der Waals surface area (Å²) >= 11 is 5.79. The van der Waals surface area contributed by atoms with Crippen molar-refractivity contribution in [2.45, 2.75) is 25.9 Å². The molecule has 3 N–H and O–H groups in total. The van der Waals surface area contributed by atoms with E-state index in [9.17, 15) is 5.11 Å². The summed E-state index contributed by atoms with van der Waals surface area (Å²) in [7, 11) is 0. The fourth-order valence-corrected chi connectivity index (χ4v) is 2.48. The van der Waals surface area contributed by atoms with Gasteiger partial charge in [-0.2, -0.15) is 0 Å². The zero-order valence-electron chi connectivity index (χ0n) is 14.9. The number of hydrogen-bond acceptors (Lipinski definition) is 3. The number of benzene rings is 1. The van der Waals surface area contributed by atoms with E-state index in [4.69, 9.17) is 11.6 Å². The smallest absolute Gasteiger partial charge is 0.191 e. The summed E-state index contributed by atoms with van der Waals surface area (Å²) in [5.41, 5.74) is 2.22. The molecule has 2 rings (SSSR count). The van der Waals surface area contributed by atoms with E-state index in [2.05, 4.69) is 20.6 Å². The van der Waals surface area contributed by atoms with Crippen LogP contribution in [0.25, 0.3) is 0 Å². The summed E-state index contributed by atoms with van der Waals surface area (Å²) < 4.78 is 0. The standard InChI is InChI=1S/C19H25ClN4O.HI/c1-2-21-19(22-11-10-16-8-9-18(20)23-13-16)24-14-17(25)12-15-6-4-3-5-7-15;/h3-9,13,17,25H,2,10-12,14H2,1H3,(H2,21,22,24);1H. The third kappa shape index (κ3) is 8.82. The predicted molar refractivity (Wildman–Crippen MR) is 119 cm³/mol. The molecule has 0 aliphatic rings. The Kier molecular flexibility index (Phi) is 11.2. The maximum atomic E-state index is 10.2. The molecule has 0 saturated carbocycles. The Morgan fingerprint density at radius 3 is 2.58 bits per heavy atom. The molecule has 2 aromatic rings. The molecule has 1 heterocycles. The summed E-state index contributed by atoms with van der Waals surface area (Å²) in [6, 6.07) is 13.7. The van der Waals surface area contributed by atoms with Crippen LogP contribution in [-0.2, 0) is 12.8 Å². The van der Waals surface area contributed by atoms with Crippen molar-refractivity contribution >= 4 is 41.5 Å². The summed E-state index contributed by atoms with van der Waals surface area (Å²) in [5.74, 6) is 0.705. The first-order valence-corrected chi connectivity index (χ1v) is 8.89. The lowest BCUT2D eigenvalue weighted by Gasteiger charge is -2.13. The molecule has 142 valence electrons. The molecule has 1 unspecified atom stereocenters. The number of rotatable bonds is 8. The summed E-state index contributed by atoms with van der Waals surface area (Å²) in [6.07, 6.45) is 2.69. The van der Waals surface area contributed by atoms with Gasteiger partial charge in [-0.3, -0.25) is 4.99 Å². The number of nitrogens with zero attached hydrogens (tertiary/aromatic N) is 2. The molecule has 26 heavy (non-hydrogen) atoms. The van der Waals surface area contributed by atoms with Crippen molar-refractivity contribution in [2.75, 3.05) is 19.6 Å². The van der Waals surface area contributed by atoms with E-state index < -0.39 is 6.10 Å². The number of aliphatic imine (C=N–C) groups is 1. The van der Waals surface area contributed by atoms with Crippen LogP contribution in [-0.4, -0.2) is 41.8 Å². The van der Waals surface area contributed by atoms with Gasteiger partial charge in [0.15, 0.2) is 5.96 Å². The van der Waals surface area contributed by atoms with Gasteiger partial charge in [-0.05, 0) is 30.5 Å². The molecule has 5 nitrogen and oxygen atoms in total. The van der Waals surface area contributed by atoms with E-state index in [0.717, 1.165) is 30.6 Å². The van der Waals surface area contributed by atoms with E-state index in [1.807, 2.05) is 43.3 Å². The zero-order valence-corrected chi connectivity index (χ0v) is 17.9. The topological polar surface area (TPSA) is 69.5 Å². The van der Waals surface area contributed by atoms with Crippen molar-refractivity contribution in [3.63, 3.8) is 0 Å². The van der Waals surface area contributed by atoms with Crippen molar-refractivity contribution in [2.24, 2.45) is 4.99 Å². The first-order valence-electron chi connectivity index (χ1n) is 8.52. The van der Waals surface area contributed by atoms with Crippen molar-refractivity contribution in [1.82, 2.24) is 15.6 Å². The maximum Gasteiger partial charge on any atom is 0.191 e. The highest BCUT2D eigenvalue weighted by Gasteiger charge is 2.06. The van der Waals surface area contributed by atoms with Crippen LogP contribution in [0.15, 0.2) is 53.7 Å². The lowest BCUT2D eigenvalue weighted by molar-refractivity contribution is 0.183. The van der Waals surface area contributed by atoms with Crippen LogP contribution in [0.2, 0.25) is 5.15 Å². The lowest BCUT2D eigenvalue weighted by Crippen LogP contribution is -2.39. The van der Waals surface area contributed by atoms with Crippen molar-refractivity contribution in [1.29, 1.82) is 0 Å². The van der Waals surface area contributed by atoms with Crippen molar-refractivity contribution < 1.29 is 5.11 Å². The molecular weight excluding hydrogens is 463 g/mol. The highest BCUT2D eigenvalue weighted by atomic mass is 127. The van der Waals surface area contributed by atoms with E-state index in [-0.39, 0.29) is 24.0 Å². The largest absolute Gasteiger partial charge is 0.391 e.